The highest BCUT2D eigenvalue weighted by Gasteiger charge is 2.20. The zero-order chi connectivity index (χ0) is 17.6. The van der Waals surface area contributed by atoms with Crippen LogP contribution < -0.4 is 10.6 Å². The van der Waals surface area contributed by atoms with E-state index in [1.807, 2.05) is 5.32 Å². The summed E-state index contributed by atoms with van der Waals surface area (Å²) in [5.74, 6) is -3.04. The second kappa shape index (κ2) is 7.44. The lowest BCUT2D eigenvalue weighted by atomic mass is 10.1. The summed E-state index contributed by atoms with van der Waals surface area (Å²) in [6.45, 7) is -1.24. The maximum absolute atomic E-state index is 11.8. The largest absolute Gasteiger partial charge is 0.480 e. The number of nitrogens with one attached hydrogen (secondary N) is 2. The van der Waals surface area contributed by atoms with E-state index in [-0.39, 0.29) is 5.56 Å². The van der Waals surface area contributed by atoms with Crippen LogP contribution in [0.4, 0.5) is 11.4 Å². The van der Waals surface area contributed by atoms with Gasteiger partial charge in [0.15, 0.2) is 0 Å². The number of carboxylic acids is 1. The van der Waals surface area contributed by atoms with Crippen LogP contribution in [0.25, 0.3) is 0 Å². The lowest BCUT2D eigenvalue weighted by Crippen LogP contribution is -2.39. The molecule has 0 heterocycles. The molecule has 0 saturated carbocycles. The first-order valence-corrected chi connectivity index (χ1v) is 5.91. The number of nitrogens with zero attached hydrogens (tertiary/aromatic N) is 2. The van der Waals surface area contributed by atoms with E-state index in [0.29, 0.717) is 6.07 Å². The third-order valence-corrected chi connectivity index (χ3v) is 2.43. The molecule has 0 saturated heterocycles. The van der Waals surface area contributed by atoms with Crippen LogP contribution in [0.5, 0.6) is 0 Å². The Hall–Kier alpha value is -3.57. The van der Waals surface area contributed by atoms with Crippen molar-refractivity contribution in [1.82, 2.24) is 10.6 Å². The van der Waals surface area contributed by atoms with E-state index in [1.165, 1.54) is 0 Å². The van der Waals surface area contributed by atoms with Crippen LogP contribution in [0.1, 0.15) is 10.4 Å². The van der Waals surface area contributed by atoms with Gasteiger partial charge in [0.2, 0.25) is 5.91 Å². The first-order valence-electron chi connectivity index (χ1n) is 5.91. The molecule has 23 heavy (non-hydrogen) atoms. The average Bonchev–Trinajstić information content (AvgIpc) is 2.49. The first-order chi connectivity index (χ1) is 10.7. The van der Waals surface area contributed by atoms with Crippen molar-refractivity contribution in [3.8, 4) is 0 Å². The van der Waals surface area contributed by atoms with Gasteiger partial charge in [-0.15, -0.1) is 0 Å². The molecular formula is C11H10N4O8. The average molecular weight is 326 g/mol. The summed E-state index contributed by atoms with van der Waals surface area (Å²) in [7, 11) is 0. The second-order valence-corrected chi connectivity index (χ2v) is 4.11. The van der Waals surface area contributed by atoms with Gasteiger partial charge < -0.3 is 15.7 Å². The molecule has 0 spiro atoms. The minimum absolute atomic E-state index is 0.378. The molecule has 0 unspecified atom stereocenters. The molecule has 0 fully saturated rings. The van der Waals surface area contributed by atoms with Gasteiger partial charge in [0.1, 0.15) is 6.54 Å². The van der Waals surface area contributed by atoms with E-state index >= 15 is 0 Å². The maximum Gasteiger partial charge on any atom is 0.322 e. The van der Waals surface area contributed by atoms with E-state index in [0.717, 1.165) is 12.1 Å². The molecule has 0 radical (unpaired) electrons. The fourth-order valence-corrected chi connectivity index (χ4v) is 1.44. The van der Waals surface area contributed by atoms with Crippen molar-refractivity contribution in [3.05, 3.63) is 44.0 Å². The van der Waals surface area contributed by atoms with Crippen molar-refractivity contribution < 1.29 is 29.3 Å². The highest BCUT2D eigenvalue weighted by molar-refractivity contribution is 5.97. The molecule has 1 rings (SSSR count). The Morgan fingerprint density at radius 1 is 0.957 bits per heavy atom. The number of aliphatic carboxylic acids is 1. The molecule has 0 aliphatic heterocycles. The number of rotatable bonds is 7. The van der Waals surface area contributed by atoms with E-state index in [4.69, 9.17) is 5.11 Å². The first kappa shape index (κ1) is 17.5. The molecule has 122 valence electrons. The molecule has 0 aliphatic carbocycles. The summed E-state index contributed by atoms with van der Waals surface area (Å²) in [6, 6.07) is 2.32. The fraction of sp³-hybridized carbons (Fsp3) is 0.182. The molecule has 1 aromatic carbocycles. The van der Waals surface area contributed by atoms with Crippen molar-refractivity contribution in [1.29, 1.82) is 0 Å². The number of carboxylic acid groups (broad SMARTS) is 1. The van der Waals surface area contributed by atoms with Crippen LogP contribution in [-0.4, -0.2) is 45.8 Å². The molecule has 0 aliphatic rings. The smallest absolute Gasteiger partial charge is 0.322 e. The number of amides is 2. The number of hydrogen-bond donors (Lipinski definition) is 3. The summed E-state index contributed by atoms with van der Waals surface area (Å²) < 4.78 is 0. The van der Waals surface area contributed by atoms with Crippen molar-refractivity contribution in [2.24, 2.45) is 0 Å². The SMILES string of the molecule is O=C(O)CNC(=O)CNC(=O)c1cc([N+](=O)[O-])cc([N+](=O)[O-])c1. The van der Waals surface area contributed by atoms with Crippen molar-refractivity contribution in [2.45, 2.75) is 0 Å². The summed E-state index contributed by atoms with van der Waals surface area (Å²) >= 11 is 0. The van der Waals surface area contributed by atoms with E-state index in [9.17, 15) is 34.6 Å². The molecule has 0 aromatic heterocycles. The molecule has 3 N–H and O–H groups in total. The highest BCUT2D eigenvalue weighted by Crippen LogP contribution is 2.22. The van der Waals surface area contributed by atoms with Crippen molar-refractivity contribution >= 4 is 29.2 Å². The number of nitro groups is 2. The third kappa shape index (κ3) is 5.37. The monoisotopic (exact) mass is 326 g/mol. The fourth-order valence-electron chi connectivity index (χ4n) is 1.44. The highest BCUT2D eigenvalue weighted by atomic mass is 16.6. The summed E-state index contributed by atoms with van der Waals surface area (Å²) in [5.41, 5.74) is -1.68. The Labute approximate surface area is 127 Å². The predicted octanol–water partition coefficient (Wildman–Crippen LogP) is -0.566. The normalized spacial score (nSPS) is 9.74. The summed E-state index contributed by atoms with van der Waals surface area (Å²) in [4.78, 5) is 52.8. The van der Waals surface area contributed by atoms with Gasteiger partial charge in [-0.1, -0.05) is 0 Å². The number of nitro benzene ring substituents is 2. The quantitative estimate of drug-likeness (QED) is 0.439. The Morgan fingerprint density at radius 3 is 1.91 bits per heavy atom. The molecule has 12 nitrogen and oxygen atoms in total. The van der Waals surface area contributed by atoms with Crippen LogP contribution in [0.2, 0.25) is 0 Å². The van der Waals surface area contributed by atoms with Gasteiger partial charge in [-0.3, -0.25) is 34.6 Å². The Kier molecular flexibility index (Phi) is 5.66. The Balaban J connectivity index is 2.83. The predicted molar refractivity (Wildman–Crippen MR) is 72.7 cm³/mol. The van der Waals surface area contributed by atoms with Gasteiger partial charge in [0.25, 0.3) is 17.3 Å². The van der Waals surface area contributed by atoms with E-state index in [1.54, 1.807) is 0 Å². The molecule has 0 atom stereocenters. The zero-order valence-corrected chi connectivity index (χ0v) is 11.3. The second-order valence-electron chi connectivity index (χ2n) is 4.11. The van der Waals surface area contributed by atoms with Gasteiger partial charge in [0.05, 0.1) is 28.0 Å². The van der Waals surface area contributed by atoms with Gasteiger partial charge >= 0.3 is 5.97 Å². The molecular weight excluding hydrogens is 316 g/mol. The molecule has 1 aromatic rings. The number of benzene rings is 1. The van der Waals surface area contributed by atoms with E-state index in [2.05, 4.69) is 5.32 Å². The van der Waals surface area contributed by atoms with Gasteiger partial charge in [0, 0.05) is 12.1 Å². The van der Waals surface area contributed by atoms with Gasteiger partial charge in [-0.2, -0.15) is 0 Å². The lowest BCUT2D eigenvalue weighted by Gasteiger charge is -2.05. The van der Waals surface area contributed by atoms with Crippen LogP contribution in [0.15, 0.2) is 18.2 Å². The number of non-ortho nitro benzene ring substituents is 2. The Bertz CT molecular complexity index is 654. The lowest BCUT2D eigenvalue weighted by molar-refractivity contribution is -0.394. The van der Waals surface area contributed by atoms with Gasteiger partial charge in [-0.25, -0.2) is 0 Å². The Morgan fingerprint density at radius 2 is 1.48 bits per heavy atom. The van der Waals surface area contributed by atoms with Crippen molar-refractivity contribution in [2.75, 3.05) is 13.1 Å². The summed E-state index contributed by atoms with van der Waals surface area (Å²) in [5, 5.41) is 33.8. The topological polar surface area (TPSA) is 182 Å². The molecule has 12 heteroatoms. The number of carbonyl (C=O) groups is 3. The minimum Gasteiger partial charge on any atom is -0.480 e. The van der Waals surface area contributed by atoms with Crippen LogP contribution >= 0.6 is 0 Å². The third-order valence-electron chi connectivity index (χ3n) is 2.43. The van der Waals surface area contributed by atoms with Crippen LogP contribution in [0, 0.1) is 20.2 Å². The maximum atomic E-state index is 11.8. The zero-order valence-electron chi connectivity index (χ0n) is 11.3. The van der Waals surface area contributed by atoms with Crippen LogP contribution in [-0.2, 0) is 9.59 Å². The van der Waals surface area contributed by atoms with E-state index < -0.39 is 52.1 Å². The minimum atomic E-state index is -1.28. The number of hydrogen-bond acceptors (Lipinski definition) is 7. The van der Waals surface area contributed by atoms with Crippen LogP contribution in [0.3, 0.4) is 0 Å². The molecule has 0 bridgehead atoms. The van der Waals surface area contributed by atoms with Gasteiger partial charge in [-0.05, 0) is 0 Å². The standard InChI is InChI=1S/C11H10N4O8/c16-9(12-5-10(17)18)4-13-11(19)6-1-7(14(20)21)3-8(2-6)15(22)23/h1-3H,4-5H2,(H,12,16)(H,13,19)(H,17,18). The van der Waals surface area contributed by atoms with Crippen molar-refractivity contribution in [3.63, 3.8) is 0 Å². The molecule has 2 amide bonds. The number of carbonyl (C=O) groups excluding carboxylic acids is 2. The summed E-state index contributed by atoms with van der Waals surface area (Å²) in [6.07, 6.45) is 0.